The van der Waals surface area contributed by atoms with Crippen LogP contribution >= 0.6 is 0 Å². The van der Waals surface area contributed by atoms with Crippen molar-refractivity contribution in [2.75, 3.05) is 12.4 Å². The number of urea groups is 1. The van der Waals surface area contributed by atoms with Gasteiger partial charge in [0.2, 0.25) is 0 Å². The molecule has 2 heterocycles. The van der Waals surface area contributed by atoms with Gasteiger partial charge in [0.25, 0.3) is 11.8 Å². The Hall–Kier alpha value is -3.61. The molecular weight excluding hydrogens is 368 g/mol. The number of carbonyl (C=O) groups excluding carboxylic acids is 3. The molecule has 0 aromatic heterocycles. The number of carbonyl (C=O) groups is 3. The summed E-state index contributed by atoms with van der Waals surface area (Å²) in [5, 5.41) is 5.67. The van der Waals surface area contributed by atoms with Gasteiger partial charge in [-0.15, -0.1) is 0 Å². The molecule has 0 radical (unpaired) electrons. The van der Waals surface area contributed by atoms with Crippen molar-refractivity contribution in [3.63, 3.8) is 0 Å². The van der Waals surface area contributed by atoms with E-state index in [1.807, 2.05) is 61.5 Å². The van der Waals surface area contributed by atoms with E-state index in [0.29, 0.717) is 11.3 Å². The molecule has 2 aromatic rings. The monoisotopic (exact) mass is 390 g/mol. The average molecular weight is 390 g/mol. The standard InChI is InChI=1S/C22H22N4O3/c1-14-8-10-16(11-9-14)23-20(27)17-13-25(2)19-18(17)24-22(29)26(21(19)28)12-15-6-4-3-5-7-15/h3-11,13,18-19H,12H2,1-2H3,(H,23,27)(H,24,29). The van der Waals surface area contributed by atoms with Crippen LogP contribution in [0.4, 0.5) is 10.5 Å². The maximum atomic E-state index is 13.1. The molecule has 1 saturated heterocycles. The van der Waals surface area contributed by atoms with E-state index in [-0.39, 0.29) is 18.4 Å². The number of fused-ring (bicyclic) bond motifs is 1. The fourth-order valence-electron chi connectivity index (χ4n) is 3.69. The smallest absolute Gasteiger partial charge is 0.325 e. The number of rotatable bonds is 4. The number of benzene rings is 2. The van der Waals surface area contributed by atoms with E-state index >= 15 is 0 Å². The lowest BCUT2D eigenvalue weighted by molar-refractivity contribution is -0.134. The van der Waals surface area contributed by atoms with Gasteiger partial charge < -0.3 is 15.5 Å². The molecule has 148 valence electrons. The molecule has 0 spiro atoms. The van der Waals surface area contributed by atoms with E-state index < -0.39 is 18.1 Å². The molecule has 2 aliphatic heterocycles. The minimum atomic E-state index is -0.683. The van der Waals surface area contributed by atoms with Crippen LogP contribution in [0.3, 0.4) is 0 Å². The van der Waals surface area contributed by atoms with Crippen molar-refractivity contribution in [3.8, 4) is 0 Å². The van der Waals surface area contributed by atoms with Crippen molar-refractivity contribution >= 4 is 23.5 Å². The second-order valence-corrected chi connectivity index (χ2v) is 7.35. The van der Waals surface area contributed by atoms with Crippen molar-refractivity contribution < 1.29 is 14.4 Å². The highest BCUT2D eigenvalue weighted by molar-refractivity contribution is 6.09. The molecule has 1 fully saturated rings. The van der Waals surface area contributed by atoms with E-state index in [0.717, 1.165) is 11.1 Å². The van der Waals surface area contributed by atoms with Gasteiger partial charge in [0, 0.05) is 18.9 Å². The predicted molar refractivity (Wildman–Crippen MR) is 109 cm³/mol. The summed E-state index contributed by atoms with van der Waals surface area (Å²) in [6.45, 7) is 2.16. The first-order chi connectivity index (χ1) is 13.9. The number of likely N-dealkylation sites (N-methyl/N-ethyl adjacent to an activating group) is 1. The molecule has 2 atom stereocenters. The van der Waals surface area contributed by atoms with Crippen LogP contribution in [0, 0.1) is 6.92 Å². The second-order valence-electron chi connectivity index (χ2n) is 7.35. The second kappa shape index (κ2) is 7.43. The lowest BCUT2D eigenvalue weighted by atomic mass is 9.99. The van der Waals surface area contributed by atoms with Gasteiger partial charge in [0.05, 0.1) is 18.2 Å². The lowest BCUT2D eigenvalue weighted by Crippen LogP contribution is -2.64. The maximum absolute atomic E-state index is 13.1. The Balaban J connectivity index is 1.51. The maximum Gasteiger partial charge on any atom is 0.325 e. The molecule has 2 N–H and O–H groups in total. The third-order valence-electron chi connectivity index (χ3n) is 5.23. The molecule has 2 unspecified atom stereocenters. The third kappa shape index (κ3) is 3.59. The van der Waals surface area contributed by atoms with E-state index in [4.69, 9.17) is 0 Å². The number of nitrogens with one attached hydrogen (secondary N) is 2. The first-order valence-corrected chi connectivity index (χ1v) is 9.41. The van der Waals surface area contributed by atoms with Gasteiger partial charge in [-0.25, -0.2) is 4.79 Å². The molecule has 7 nitrogen and oxygen atoms in total. The Morgan fingerprint density at radius 1 is 1.07 bits per heavy atom. The lowest BCUT2D eigenvalue weighted by Gasteiger charge is -2.37. The summed E-state index contributed by atoms with van der Waals surface area (Å²) in [6.07, 6.45) is 1.63. The summed E-state index contributed by atoms with van der Waals surface area (Å²) in [6, 6.07) is 15.0. The van der Waals surface area contributed by atoms with Gasteiger partial charge in [-0.2, -0.15) is 0 Å². The first kappa shape index (κ1) is 18.7. The predicted octanol–water partition coefficient (Wildman–Crippen LogP) is 2.25. The highest BCUT2D eigenvalue weighted by Crippen LogP contribution is 2.28. The van der Waals surface area contributed by atoms with Gasteiger partial charge in [0.15, 0.2) is 0 Å². The molecule has 0 aliphatic carbocycles. The molecule has 4 amide bonds. The zero-order chi connectivity index (χ0) is 20.5. The Morgan fingerprint density at radius 3 is 2.45 bits per heavy atom. The van der Waals surface area contributed by atoms with E-state index in [2.05, 4.69) is 10.6 Å². The molecule has 2 aromatic carbocycles. The normalized spacial score (nSPS) is 20.8. The van der Waals surface area contributed by atoms with Crippen molar-refractivity contribution in [1.82, 2.24) is 15.1 Å². The van der Waals surface area contributed by atoms with Gasteiger partial charge >= 0.3 is 6.03 Å². The topological polar surface area (TPSA) is 81.8 Å². The van der Waals surface area contributed by atoms with Gasteiger partial charge in [0.1, 0.15) is 6.04 Å². The Bertz CT molecular complexity index is 985. The first-order valence-electron chi connectivity index (χ1n) is 9.41. The Morgan fingerprint density at radius 2 is 1.76 bits per heavy atom. The van der Waals surface area contributed by atoms with Gasteiger partial charge in [-0.3, -0.25) is 14.5 Å². The van der Waals surface area contributed by atoms with Crippen LogP contribution in [-0.4, -0.2) is 46.8 Å². The molecular formula is C22H22N4O3. The van der Waals surface area contributed by atoms with Crippen molar-refractivity contribution in [1.29, 1.82) is 0 Å². The van der Waals surface area contributed by atoms with Crippen LogP contribution in [0.25, 0.3) is 0 Å². The highest BCUT2D eigenvalue weighted by Gasteiger charge is 2.49. The van der Waals surface area contributed by atoms with Crippen LogP contribution in [-0.2, 0) is 16.1 Å². The number of hydrogen-bond donors (Lipinski definition) is 2. The minimum absolute atomic E-state index is 0.188. The summed E-state index contributed by atoms with van der Waals surface area (Å²) in [7, 11) is 1.74. The van der Waals surface area contributed by atoms with E-state index in [1.165, 1.54) is 4.90 Å². The Kier molecular flexibility index (Phi) is 4.80. The van der Waals surface area contributed by atoms with Crippen molar-refractivity contribution in [2.24, 2.45) is 0 Å². The summed E-state index contributed by atoms with van der Waals surface area (Å²) in [5.41, 5.74) is 2.97. The molecule has 0 saturated carbocycles. The fraction of sp³-hybridized carbons (Fsp3) is 0.227. The third-order valence-corrected chi connectivity index (χ3v) is 5.23. The number of hydrogen-bond acceptors (Lipinski definition) is 4. The Labute approximate surface area is 169 Å². The highest BCUT2D eigenvalue weighted by atomic mass is 16.2. The fourth-order valence-corrected chi connectivity index (χ4v) is 3.69. The van der Waals surface area contributed by atoms with Gasteiger partial charge in [-0.1, -0.05) is 48.0 Å². The number of amides is 4. The molecule has 4 rings (SSSR count). The zero-order valence-corrected chi connectivity index (χ0v) is 16.3. The van der Waals surface area contributed by atoms with Crippen LogP contribution in [0.1, 0.15) is 11.1 Å². The largest absolute Gasteiger partial charge is 0.366 e. The molecule has 7 heteroatoms. The zero-order valence-electron chi connectivity index (χ0n) is 16.3. The summed E-state index contributed by atoms with van der Waals surface area (Å²) >= 11 is 0. The van der Waals surface area contributed by atoms with E-state index in [9.17, 15) is 14.4 Å². The number of anilines is 1. The molecule has 0 bridgehead atoms. The molecule has 29 heavy (non-hydrogen) atoms. The van der Waals surface area contributed by atoms with Crippen molar-refractivity contribution in [2.45, 2.75) is 25.6 Å². The summed E-state index contributed by atoms with van der Waals surface area (Å²) < 4.78 is 0. The van der Waals surface area contributed by atoms with Crippen molar-refractivity contribution in [3.05, 3.63) is 77.5 Å². The SMILES string of the molecule is Cc1ccc(NC(=O)C2=CN(C)C3C(=O)N(Cc4ccccc4)C(=O)NC23)cc1. The van der Waals surface area contributed by atoms with Crippen LogP contribution in [0.5, 0.6) is 0 Å². The minimum Gasteiger partial charge on any atom is -0.366 e. The van der Waals surface area contributed by atoms with E-state index in [1.54, 1.807) is 18.1 Å². The number of aryl methyl sites for hydroxylation is 1. The quantitative estimate of drug-likeness (QED) is 0.839. The summed E-state index contributed by atoms with van der Waals surface area (Å²) in [5.74, 6) is -0.655. The average Bonchev–Trinajstić information content (AvgIpc) is 3.04. The molecule has 2 aliphatic rings. The van der Waals surface area contributed by atoms with Gasteiger partial charge in [-0.05, 0) is 24.6 Å². The number of imide groups is 1. The van der Waals surface area contributed by atoms with Crippen LogP contribution < -0.4 is 10.6 Å². The van der Waals surface area contributed by atoms with Crippen LogP contribution in [0.2, 0.25) is 0 Å². The van der Waals surface area contributed by atoms with Crippen LogP contribution in [0.15, 0.2) is 66.4 Å². The number of nitrogens with zero attached hydrogens (tertiary/aromatic N) is 2. The summed E-state index contributed by atoms with van der Waals surface area (Å²) in [4.78, 5) is 41.4.